The molecule has 0 bridgehead atoms. The monoisotopic (exact) mass is 345 g/mol. The third-order valence-corrected chi connectivity index (χ3v) is 6.24. The number of aliphatic hydroxyl groups is 1. The molecule has 114 valence electrons. The summed E-state index contributed by atoms with van der Waals surface area (Å²) in [5.74, 6) is 0. The topological polar surface area (TPSA) is 66.4 Å². The van der Waals surface area contributed by atoms with Crippen LogP contribution in [0.1, 0.15) is 25.0 Å². The molecule has 2 rings (SSSR count). The van der Waals surface area contributed by atoms with Gasteiger partial charge in [0.1, 0.15) is 4.21 Å². The fourth-order valence-electron chi connectivity index (χ4n) is 1.96. The Bertz CT molecular complexity index is 685. The highest BCUT2D eigenvalue weighted by Crippen LogP contribution is 2.26. The Kier molecular flexibility index (Phi) is 5.40. The van der Waals surface area contributed by atoms with E-state index in [2.05, 4.69) is 4.72 Å². The largest absolute Gasteiger partial charge is 0.388 e. The van der Waals surface area contributed by atoms with Gasteiger partial charge in [-0.25, -0.2) is 13.1 Å². The van der Waals surface area contributed by atoms with Gasteiger partial charge in [0.05, 0.1) is 10.4 Å². The first-order chi connectivity index (χ1) is 9.88. The number of hydrogen-bond acceptors (Lipinski definition) is 4. The van der Waals surface area contributed by atoms with Crippen molar-refractivity contribution in [3.05, 3.63) is 52.4 Å². The second-order valence-corrected chi connectivity index (χ2v) is 8.40. The first-order valence-corrected chi connectivity index (χ1v) is 9.07. The van der Waals surface area contributed by atoms with Crippen LogP contribution in [0.2, 0.25) is 4.34 Å². The molecule has 0 saturated carbocycles. The summed E-state index contributed by atoms with van der Waals surface area (Å²) in [5, 5.41) is 10.1. The predicted molar refractivity (Wildman–Crippen MR) is 85.1 cm³/mol. The summed E-state index contributed by atoms with van der Waals surface area (Å²) in [5.41, 5.74) is 0.766. The average molecular weight is 346 g/mol. The van der Waals surface area contributed by atoms with Gasteiger partial charge in [0.2, 0.25) is 10.0 Å². The van der Waals surface area contributed by atoms with Crippen molar-refractivity contribution in [1.29, 1.82) is 0 Å². The van der Waals surface area contributed by atoms with Crippen LogP contribution >= 0.6 is 22.9 Å². The Morgan fingerprint density at radius 3 is 2.48 bits per heavy atom. The van der Waals surface area contributed by atoms with E-state index in [0.29, 0.717) is 10.8 Å². The van der Waals surface area contributed by atoms with Crippen molar-refractivity contribution in [3.63, 3.8) is 0 Å². The maximum absolute atomic E-state index is 12.1. The first-order valence-electron chi connectivity index (χ1n) is 6.39. The van der Waals surface area contributed by atoms with Crippen LogP contribution in [-0.2, 0) is 10.0 Å². The van der Waals surface area contributed by atoms with E-state index in [-0.39, 0.29) is 4.21 Å². The summed E-state index contributed by atoms with van der Waals surface area (Å²) in [6.07, 6.45) is -0.418. The minimum atomic E-state index is -3.59. The maximum atomic E-state index is 12.1. The number of hydrogen-bond donors (Lipinski definition) is 2. The Morgan fingerprint density at radius 1 is 1.24 bits per heavy atom. The molecule has 2 N–H and O–H groups in total. The zero-order valence-corrected chi connectivity index (χ0v) is 13.8. The third kappa shape index (κ3) is 4.52. The molecule has 0 aliphatic rings. The molecule has 0 aliphatic heterocycles. The molecule has 0 saturated heterocycles. The van der Waals surface area contributed by atoms with Crippen LogP contribution in [-0.4, -0.2) is 19.6 Å². The fraction of sp³-hybridized carbons (Fsp3) is 0.286. The average Bonchev–Trinajstić information content (AvgIpc) is 2.86. The van der Waals surface area contributed by atoms with E-state index in [1.54, 1.807) is 13.0 Å². The van der Waals surface area contributed by atoms with Crippen LogP contribution in [0, 0.1) is 0 Å². The number of halogens is 1. The summed E-state index contributed by atoms with van der Waals surface area (Å²) in [7, 11) is -3.59. The summed E-state index contributed by atoms with van der Waals surface area (Å²) in [4.78, 5) is 0. The zero-order valence-electron chi connectivity index (χ0n) is 11.4. The number of thiophene rings is 1. The quantitative estimate of drug-likeness (QED) is 0.845. The van der Waals surface area contributed by atoms with E-state index in [1.165, 1.54) is 6.07 Å². The van der Waals surface area contributed by atoms with Gasteiger partial charge in [0.15, 0.2) is 0 Å². The van der Waals surface area contributed by atoms with Gasteiger partial charge >= 0.3 is 0 Å². The number of rotatable bonds is 6. The van der Waals surface area contributed by atoms with E-state index < -0.39 is 22.2 Å². The zero-order chi connectivity index (χ0) is 15.5. The molecule has 1 heterocycles. The fourth-order valence-corrected chi connectivity index (χ4v) is 4.72. The molecular weight excluding hydrogens is 330 g/mol. The summed E-state index contributed by atoms with van der Waals surface area (Å²) >= 11 is 6.76. The van der Waals surface area contributed by atoms with E-state index in [1.807, 2.05) is 30.3 Å². The lowest BCUT2D eigenvalue weighted by Gasteiger charge is -2.17. The lowest BCUT2D eigenvalue weighted by molar-refractivity contribution is 0.158. The van der Waals surface area contributed by atoms with E-state index in [4.69, 9.17) is 11.6 Å². The molecule has 0 spiro atoms. The second-order valence-electron chi connectivity index (χ2n) is 4.74. The van der Waals surface area contributed by atoms with E-state index in [9.17, 15) is 13.5 Å². The lowest BCUT2D eigenvalue weighted by Crippen LogP contribution is -2.33. The Balaban J connectivity index is 2.00. The number of aliphatic hydroxyl groups excluding tert-OH is 1. The number of sulfonamides is 1. The van der Waals surface area contributed by atoms with Crippen molar-refractivity contribution in [3.8, 4) is 0 Å². The summed E-state index contributed by atoms with van der Waals surface area (Å²) < 4.78 is 27.4. The molecular formula is C14H16ClNO3S2. The van der Waals surface area contributed by atoms with Gasteiger partial charge in [0.25, 0.3) is 0 Å². The van der Waals surface area contributed by atoms with Crippen LogP contribution in [0.3, 0.4) is 0 Å². The van der Waals surface area contributed by atoms with Gasteiger partial charge in [-0.2, -0.15) is 0 Å². The molecule has 21 heavy (non-hydrogen) atoms. The molecule has 4 nitrogen and oxygen atoms in total. The molecule has 2 aromatic rings. The Morgan fingerprint density at radius 2 is 1.90 bits per heavy atom. The highest BCUT2D eigenvalue weighted by molar-refractivity contribution is 7.91. The maximum Gasteiger partial charge on any atom is 0.250 e. The van der Waals surface area contributed by atoms with Gasteiger partial charge in [-0.1, -0.05) is 41.9 Å². The van der Waals surface area contributed by atoms with Crippen molar-refractivity contribution >= 4 is 33.0 Å². The van der Waals surface area contributed by atoms with Crippen molar-refractivity contribution in [1.82, 2.24) is 4.72 Å². The number of benzene rings is 1. The second kappa shape index (κ2) is 6.89. The van der Waals surface area contributed by atoms with Crippen LogP contribution in [0.5, 0.6) is 0 Å². The molecule has 0 fully saturated rings. The minimum Gasteiger partial charge on any atom is -0.388 e. The molecule has 2 unspecified atom stereocenters. The number of nitrogens with one attached hydrogen (secondary N) is 1. The Hall–Kier alpha value is -0.920. The standard InChI is InChI=1S/C14H16ClNO3S2/c1-10(9-12(17)11-5-3-2-4-6-11)16-21(18,19)14-8-7-13(15)20-14/h2-8,10,12,16-17H,9H2,1H3. The van der Waals surface area contributed by atoms with Crippen LogP contribution < -0.4 is 4.72 Å². The van der Waals surface area contributed by atoms with Crippen molar-refractivity contribution < 1.29 is 13.5 Å². The Labute approximate surface area is 133 Å². The summed E-state index contributed by atoms with van der Waals surface area (Å²) in [6.45, 7) is 1.72. The van der Waals surface area contributed by atoms with Gasteiger partial charge < -0.3 is 5.11 Å². The SMILES string of the molecule is CC(CC(O)c1ccccc1)NS(=O)(=O)c1ccc(Cl)s1. The van der Waals surface area contributed by atoms with Gasteiger partial charge in [0, 0.05) is 6.04 Å². The minimum absolute atomic E-state index is 0.175. The van der Waals surface area contributed by atoms with Gasteiger partial charge in [-0.3, -0.25) is 0 Å². The smallest absolute Gasteiger partial charge is 0.250 e. The van der Waals surface area contributed by atoms with Crippen molar-refractivity contribution in [2.45, 2.75) is 29.7 Å². The molecule has 7 heteroatoms. The van der Waals surface area contributed by atoms with Gasteiger partial charge in [-0.15, -0.1) is 11.3 Å². The first kappa shape index (κ1) is 16.5. The molecule has 0 radical (unpaired) electrons. The lowest BCUT2D eigenvalue weighted by atomic mass is 10.0. The van der Waals surface area contributed by atoms with Crippen molar-refractivity contribution in [2.24, 2.45) is 0 Å². The molecule has 1 aromatic heterocycles. The van der Waals surface area contributed by atoms with Crippen molar-refractivity contribution in [2.75, 3.05) is 0 Å². The van der Waals surface area contributed by atoms with Crippen LogP contribution in [0.15, 0.2) is 46.7 Å². The van der Waals surface area contributed by atoms with Crippen LogP contribution in [0.4, 0.5) is 0 Å². The molecule has 1 aromatic carbocycles. The molecule has 0 amide bonds. The molecule has 0 aliphatic carbocycles. The highest BCUT2D eigenvalue weighted by Gasteiger charge is 2.21. The highest BCUT2D eigenvalue weighted by atomic mass is 35.5. The normalized spacial score (nSPS) is 14.8. The van der Waals surface area contributed by atoms with E-state index >= 15 is 0 Å². The predicted octanol–water partition coefficient (Wildman–Crippen LogP) is 3.19. The summed E-state index contributed by atoms with van der Waals surface area (Å²) in [6, 6.07) is 11.8. The van der Waals surface area contributed by atoms with Gasteiger partial charge in [-0.05, 0) is 31.0 Å². The van der Waals surface area contributed by atoms with Crippen LogP contribution in [0.25, 0.3) is 0 Å². The molecule has 2 atom stereocenters. The van der Waals surface area contributed by atoms with E-state index in [0.717, 1.165) is 16.9 Å². The third-order valence-electron chi connectivity index (χ3n) is 2.93.